The molecule has 0 unspecified atom stereocenters. The molecule has 0 fully saturated rings. The van der Waals surface area contributed by atoms with E-state index in [0.717, 1.165) is 0 Å². The van der Waals surface area contributed by atoms with Gasteiger partial charge in [0.25, 0.3) is 0 Å². The number of allylic oxidation sites excluding steroid dienone is 1. The molecule has 0 saturated heterocycles. The Kier molecular flexibility index (Phi) is 4.88. The van der Waals surface area contributed by atoms with E-state index in [9.17, 15) is 4.79 Å². The largest absolute Gasteiger partial charge is 0.461 e. The zero-order chi connectivity index (χ0) is 7.11. The molecule has 0 amide bonds. The monoisotopic (exact) mass is 127 g/mol. The maximum atomic E-state index is 10.4. The van der Waals surface area contributed by atoms with Gasteiger partial charge in [-0.25, -0.2) is 0 Å². The molecule has 2 nitrogen and oxygen atoms in total. The minimum Gasteiger partial charge on any atom is -0.461 e. The molecule has 51 valence electrons. The lowest BCUT2D eigenvalue weighted by molar-refractivity contribution is -0.138. The minimum atomic E-state index is -0.270. The van der Waals surface area contributed by atoms with Crippen LogP contribution in [0.1, 0.15) is 13.8 Å². The van der Waals surface area contributed by atoms with Crippen LogP contribution >= 0.6 is 0 Å². The number of carbonyl (C=O) groups is 1. The molecule has 0 aromatic carbocycles. The minimum absolute atomic E-state index is 0.270. The molecular weight excluding hydrogens is 116 g/mol. The standard InChI is InChI=1S/C7H11O2/c1-3-5-6-9-7(8)4-2/h3-5H,6H2,1-2H3/b5-3+. The maximum absolute atomic E-state index is 10.4. The molecule has 1 radical (unpaired) electrons. The van der Waals surface area contributed by atoms with E-state index >= 15 is 0 Å². The first-order chi connectivity index (χ1) is 4.31. The summed E-state index contributed by atoms with van der Waals surface area (Å²) in [5.41, 5.74) is 0. The highest BCUT2D eigenvalue weighted by molar-refractivity contribution is 5.78. The van der Waals surface area contributed by atoms with Gasteiger partial charge in [0.2, 0.25) is 0 Å². The highest BCUT2D eigenvalue weighted by atomic mass is 16.5. The van der Waals surface area contributed by atoms with E-state index < -0.39 is 0 Å². The molecule has 0 bridgehead atoms. The van der Waals surface area contributed by atoms with E-state index in [4.69, 9.17) is 0 Å². The first-order valence-corrected chi connectivity index (χ1v) is 2.88. The van der Waals surface area contributed by atoms with Crippen LogP contribution in [-0.4, -0.2) is 12.6 Å². The lowest BCUT2D eigenvalue weighted by Gasteiger charge is -1.95. The van der Waals surface area contributed by atoms with Crippen molar-refractivity contribution in [1.82, 2.24) is 0 Å². The van der Waals surface area contributed by atoms with Crippen molar-refractivity contribution < 1.29 is 9.53 Å². The molecule has 0 spiro atoms. The Balaban J connectivity index is 3.17. The molecule has 0 aliphatic rings. The molecular formula is C7H11O2. The molecule has 0 aromatic rings. The highest BCUT2D eigenvalue weighted by Gasteiger charge is 1.93. The van der Waals surface area contributed by atoms with Crippen molar-refractivity contribution in [2.45, 2.75) is 13.8 Å². The van der Waals surface area contributed by atoms with Crippen LogP contribution in [0, 0.1) is 6.42 Å². The Bertz CT molecular complexity index is 105. The Morgan fingerprint density at radius 3 is 2.67 bits per heavy atom. The molecule has 0 atom stereocenters. The molecule has 0 heterocycles. The van der Waals surface area contributed by atoms with E-state index in [1.165, 1.54) is 6.42 Å². The fourth-order valence-electron chi connectivity index (χ4n) is 0.310. The lowest BCUT2D eigenvalue weighted by Crippen LogP contribution is -2.01. The Morgan fingerprint density at radius 1 is 1.56 bits per heavy atom. The van der Waals surface area contributed by atoms with Crippen molar-refractivity contribution in [1.29, 1.82) is 0 Å². The number of esters is 1. The summed E-state index contributed by atoms with van der Waals surface area (Å²) < 4.78 is 4.65. The van der Waals surface area contributed by atoms with Crippen molar-refractivity contribution in [2.75, 3.05) is 6.61 Å². The fourth-order valence-corrected chi connectivity index (χ4v) is 0.310. The zero-order valence-corrected chi connectivity index (χ0v) is 5.76. The molecule has 0 N–H and O–H groups in total. The fraction of sp³-hybridized carbons (Fsp3) is 0.429. The third kappa shape index (κ3) is 5.07. The predicted octanol–water partition coefficient (Wildman–Crippen LogP) is 1.33. The topological polar surface area (TPSA) is 26.3 Å². The lowest BCUT2D eigenvalue weighted by atomic mass is 10.5. The second-order valence-corrected chi connectivity index (χ2v) is 1.49. The van der Waals surface area contributed by atoms with Crippen molar-refractivity contribution in [2.24, 2.45) is 0 Å². The van der Waals surface area contributed by atoms with Crippen molar-refractivity contribution in [3.05, 3.63) is 18.6 Å². The van der Waals surface area contributed by atoms with Gasteiger partial charge in [0.1, 0.15) is 6.61 Å². The molecule has 0 rings (SSSR count). The van der Waals surface area contributed by atoms with Gasteiger partial charge < -0.3 is 4.74 Å². The van der Waals surface area contributed by atoms with Crippen molar-refractivity contribution in [3.63, 3.8) is 0 Å². The summed E-state index contributed by atoms with van der Waals surface area (Å²) >= 11 is 0. The van der Waals surface area contributed by atoms with Crippen molar-refractivity contribution >= 4 is 5.97 Å². The Labute approximate surface area is 55.5 Å². The summed E-state index contributed by atoms with van der Waals surface area (Å²) in [5, 5.41) is 0. The third-order valence-electron chi connectivity index (χ3n) is 0.793. The van der Waals surface area contributed by atoms with Crippen LogP contribution < -0.4 is 0 Å². The number of rotatable bonds is 3. The van der Waals surface area contributed by atoms with Gasteiger partial charge in [-0.15, -0.1) is 0 Å². The van der Waals surface area contributed by atoms with Gasteiger partial charge in [-0.2, -0.15) is 0 Å². The van der Waals surface area contributed by atoms with Crippen LogP contribution in [-0.2, 0) is 9.53 Å². The van der Waals surface area contributed by atoms with Crippen LogP contribution in [0.5, 0.6) is 0 Å². The summed E-state index contributed by atoms with van der Waals surface area (Å²) in [6.07, 6.45) is 5.01. The van der Waals surface area contributed by atoms with E-state index in [-0.39, 0.29) is 5.97 Å². The molecule has 2 heteroatoms. The van der Waals surface area contributed by atoms with Crippen molar-refractivity contribution in [3.8, 4) is 0 Å². The van der Waals surface area contributed by atoms with E-state index in [1.807, 2.05) is 13.0 Å². The van der Waals surface area contributed by atoms with Gasteiger partial charge in [0.05, 0.1) is 6.42 Å². The maximum Gasteiger partial charge on any atom is 0.309 e. The summed E-state index contributed by atoms with van der Waals surface area (Å²) in [4.78, 5) is 10.4. The second kappa shape index (κ2) is 5.35. The van der Waals surface area contributed by atoms with E-state index in [2.05, 4.69) is 4.74 Å². The average Bonchev–Trinajstić information content (AvgIpc) is 1.89. The normalized spacial score (nSPS) is 10.0. The molecule has 0 aliphatic carbocycles. The van der Waals surface area contributed by atoms with Crippen LogP contribution in [0.4, 0.5) is 0 Å². The smallest absolute Gasteiger partial charge is 0.309 e. The molecule has 0 saturated carbocycles. The first kappa shape index (κ1) is 8.21. The number of hydrogen-bond acceptors (Lipinski definition) is 2. The van der Waals surface area contributed by atoms with Gasteiger partial charge in [0.15, 0.2) is 0 Å². The van der Waals surface area contributed by atoms with Crippen LogP contribution in [0.3, 0.4) is 0 Å². The Hall–Kier alpha value is -0.790. The van der Waals surface area contributed by atoms with Gasteiger partial charge in [-0.05, 0) is 6.92 Å². The number of carbonyl (C=O) groups excluding carboxylic acids is 1. The van der Waals surface area contributed by atoms with E-state index in [1.54, 1.807) is 13.0 Å². The average molecular weight is 127 g/mol. The summed E-state index contributed by atoms with van der Waals surface area (Å²) in [6.45, 7) is 3.90. The molecule has 0 aromatic heterocycles. The quantitative estimate of drug-likeness (QED) is 0.422. The van der Waals surface area contributed by atoms with Crippen LogP contribution in [0.2, 0.25) is 0 Å². The summed E-state index contributed by atoms with van der Waals surface area (Å²) in [5.74, 6) is -0.270. The van der Waals surface area contributed by atoms with Crippen LogP contribution in [0.15, 0.2) is 12.2 Å². The molecule has 9 heavy (non-hydrogen) atoms. The second-order valence-electron chi connectivity index (χ2n) is 1.49. The van der Waals surface area contributed by atoms with Gasteiger partial charge in [0, 0.05) is 0 Å². The Morgan fingerprint density at radius 2 is 2.22 bits per heavy atom. The number of hydrogen-bond donors (Lipinski definition) is 0. The zero-order valence-electron chi connectivity index (χ0n) is 5.76. The van der Waals surface area contributed by atoms with E-state index in [0.29, 0.717) is 6.61 Å². The first-order valence-electron chi connectivity index (χ1n) is 2.88. The highest BCUT2D eigenvalue weighted by Crippen LogP contribution is 1.82. The summed E-state index contributed by atoms with van der Waals surface area (Å²) in [7, 11) is 0. The van der Waals surface area contributed by atoms with Gasteiger partial charge in [-0.1, -0.05) is 19.1 Å². The predicted molar refractivity (Wildman–Crippen MR) is 35.7 cm³/mol. The van der Waals surface area contributed by atoms with Crippen LogP contribution in [0.25, 0.3) is 0 Å². The molecule has 0 aliphatic heterocycles. The summed E-state index contributed by atoms with van der Waals surface area (Å²) in [6, 6.07) is 0. The van der Waals surface area contributed by atoms with Gasteiger partial charge in [-0.3, -0.25) is 4.79 Å². The van der Waals surface area contributed by atoms with Gasteiger partial charge >= 0.3 is 5.97 Å². The third-order valence-corrected chi connectivity index (χ3v) is 0.793. The SMILES string of the molecule is C[CH]C(=O)OC/C=C/C. The number of ether oxygens (including phenoxy) is 1.